The zero-order valence-electron chi connectivity index (χ0n) is 10.3. The predicted molar refractivity (Wildman–Crippen MR) is 73.2 cm³/mol. The van der Waals surface area contributed by atoms with E-state index in [1.807, 2.05) is 23.5 Å². The van der Waals surface area contributed by atoms with Crippen molar-refractivity contribution >= 4 is 23.5 Å². The molecule has 4 nitrogen and oxygen atoms in total. The number of nitrogens with two attached hydrogens (primary N) is 1. The number of thioether (sulfide) groups is 2. The smallest absolute Gasteiger partial charge is 0.243 e. The molecule has 0 radical (unpaired) electrons. The first-order valence-corrected chi connectivity index (χ1v) is 8.21. The van der Waals surface area contributed by atoms with Gasteiger partial charge in [-0.25, -0.2) is 0 Å². The van der Waals surface area contributed by atoms with E-state index in [0.29, 0.717) is 17.1 Å². The molecule has 96 valence electrons. The summed E-state index contributed by atoms with van der Waals surface area (Å²) >= 11 is 3.86. The summed E-state index contributed by atoms with van der Waals surface area (Å²) in [5.74, 6) is 5.23. The molecule has 0 saturated carbocycles. The number of aromatic nitrogens is 2. The zero-order chi connectivity index (χ0) is 12.3. The summed E-state index contributed by atoms with van der Waals surface area (Å²) < 4.78 is 5.29. The number of rotatable bonds is 4. The standard InChI is InChI=1S/C11H19N3OS2/c1-3-7(2)9(12)11-13-10(14-15-11)8-6-16-4-5-17-8/h7-9H,3-6,12H2,1-2H3. The maximum Gasteiger partial charge on any atom is 0.243 e. The Morgan fingerprint density at radius 1 is 1.53 bits per heavy atom. The topological polar surface area (TPSA) is 64.9 Å². The van der Waals surface area contributed by atoms with Crippen molar-refractivity contribution in [2.75, 3.05) is 17.3 Å². The van der Waals surface area contributed by atoms with Gasteiger partial charge in [-0.3, -0.25) is 0 Å². The van der Waals surface area contributed by atoms with Crippen molar-refractivity contribution in [1.82, 2.24) is 10.1 Å². The fraction of sp³-hybridized carbons (Fsp3) is 0.818. The van der Waals surface area contributed by atoms with Crippen LogP contribution < -0.4 is 5.73 Å². The summed E-state index contributed by atoms with van der Waals surface area (Å²) in [6, 6.07) is -0.137. The van der Waals surface area contributed by atoms with E-state index in [1.165, 1.54) is 5.75 Å². The molecule has 1 fully saturated rings. The van der Waals surface area contributed by atoms with E-state index >= 15 is 0 Å². The van der Waals surface area contributed by atoms with Gasteiger partial charge in [0.15, 0.2) is 5.82 Å². The summed E-state index contributed by atoms with van der Waals surface area (Å²) in [5, 5.41) is 4.45. The van der Waals surface area contributed by atoms with Crippen LogP contribution in [0.5, 0.6) is 0 Å². The van der Waals surface area contributed by atoms with Gasteiger partial charge in [0, 0.05) is 17.3 Å². The Morgan fingerprint density at radius 3 is 3.00 bits per heavy atom. The Bertz CT molecular complexity index is 336. The van der Waals surface area contributed by atoms with Gasteiger partial charge in [0.05, 0.1) is 11.3 Å². The second kappa shape index (κ2) is 6.11. The van der Waals surface area contributed by atoms with Crippen LogP contribution in [0.25, 0.3) is 0 Å². The molecule has 0 spiro atoms. The molecule has 1 aliphatic heterocycles. The fourth-order valence-corrected chi connectivity index (χ4v) is 4.24. The molecule has 1 aromatic rings. The molecule has 1 saturated heterocycles. The van der Waals surface area contributed by atoms with E-state index in [9.17, 15) is 0 Å². The van der Waals surface area contributed by atoms with E-state index in [-0.39, 0.29) is 6.04 Å². The summed E-state index contributed by atoms with van der Waals surface area (Å²) in [7, 11) is 0. The first-order chi connectivity index (χ1) is 8.22. The highest BCUT2D eigenvalue weighted by Gasteiger charge is 2.25. The Hall–Kier alpha value is -0.200. The third kappa shape index (κ3) is 3.17. The Kier molecular flexibility index (Phi) is 4.76. The molecule has 3 atom stereocenters. The van der Waals surface area contributed by atoms with Gasteiger partial charge in [-0.15, -0.1) is 11.8 Å². The van der Waals surface area contributed by atoms with Crippen molar-refractivity contribution in [2.45, 2.75) is 31.6 Å². The van der Waals surface area contributed by atoms with Gasteiger partial charge in [0.2, 0.25) is 5.89 Å². The first-order valence-electron chi connectivity index (χ1n) is 6.00. The average Bonchev–Trinajstić information content (AvgIpc) is 2.87. The lowest BCUT2D eigenvalue weighted by molar-refractivity contribution is 0.310. The molecule has 3 unspecified atom stereocenters. The van der Waals surface area contributed by atoms with Crippen LogP contribution >= 0.6 is 23.5 Å². The first kappa shape index (κ1) is 13.2. The summed E-state index contributed by atoms with van der Waals surface area (Å²) in [4.78, 5) is 4.47. The maximum atomic E-state index is 6.08. The maximum absolute atomic E-state index is 6.08. The van der Waals surface area contributed by atoms with Crippen LogP contribution in [0.3, 0.4) is 0 Å². The quantitative estimate of drug-likeness (QED) is 0.909. The third-order valence-electron chi connectivity index (χ3n) is 3.10. The van der Waals surface area contributed by atoms with Crippen LogP contribution in [-0.2, 0) is 0 Å². The van der Waals surface area contributed by atoms with E-state index in [2.05, 4.69) is 24.0 Å². The molecule has 2 rings (SSSR count). The lowest BCUT2D eigenvalue weighted by Crippen LogP contribution is -2.19. The van der Waals surface area contributed by atoms with Gasteiger partial charge >= 0.3 is 0 Å². The van der Waals surface area contributed by atoms with Crippen molar-refractivity contribution in [3.05, 3.63) is 11.7 Å². The van der Waals surface area contributed by atoms with Crippen molar-refractivity contribution in [1.29, 1.82) is 0 Å². The minimum Gasteiger partial charge on any atom is -0.338 e. The van der Waals surface area contributed by atoms with Crippen LogP contribution in [0.1, 0.15) is 43.3 Å². The fourth-order valence-electron chi connectivity index (χ4n) is 1.65. The second-order valence-electron chi connectivity index (χ2n) is 4.34. The van der Waals surface area contributed by atoms with E-state index in [1.54, 1.807) is 0 Å². The van der Waals surface area contributed by atoms with E-state index in [4.69, 9.17) is 10.3 Å². The van der Waals surface area contributed by atoms with Crippen LogP contribution in [0, 0.1) is 5.92 Å². The second-order valence-corrected chi connectivity index (χ2v) is 6.80. The van der Waals surface area contributed by atoms with Crippen molar-refractivity contribution in [3.8, 4) is 0 Å². The lowest BCUT2D eigenvalue weighted by atomic mass is 10.0. The van der Waals surface area contributed by atoms with Crippen LogP contribution in [0.15, 0.2) is 4.52 Å². The summed E-state index contributed by atoms with van der Waals surface area (Å²) in [5.41, 5.74) is 6.08. The minimum atomic E-state index is -0.137. The van der Waals surface area contributed by atoms with Crippen LogP contribution in [0.2, 0.25) is 0 Å². The predicted octanol–water partition coefficient (Wildman–Crippen LogP) is 2.64. The zero-order valence-corrected chi connectivity index (χ0v) is 11.9. The molecule has 2 N–H and O–H groups in total. The summed E-state index contributed by atoms with van der Waals surface area (Å²) in [6.45, 7) is 4.23. The molecule has 1 aromatic heterocycles. The van der Waals surface area contributed by atoms with Gasteiger partial charge in [0.25, 0.3) is 0 Å². The largest absolute Gasteiger partial charge is 0.338 e. The Balaban J connectivity index is 2.04. The average molecular weight is 273 g/mol. The molecule has 0 aromatic carbocycles. The van der Waals surface area contributed by atoms with Gasteiger partial charge < -0.3 is 10.3 Å². The lowest BCUT2D eigenvalue weighted by Gasteiger charge is -2.17. The Labute approximate surface area is 110 Å². The van der Waals surface area contributed by atoms with Crippen LogP contribution in [-0.4, -0.2) is 27.4 Å². The van der Waals surface area contributed by atoms with Gasteiger partial charge in [-0.1, -0.05) is 25.4 Å². The molecule has 17 heavy (non-hydrogen) atoms. The van der Waals surface area contributed by atoms with Crippen molar-refractivity contribution in [2.24, 2.45) is 11.7 Å². The highest BCUT2D eigenvalue weighted by atomic mass is 32.2. The molecule has 0 bridgehead atoms. The van der Waals surface area contributed by atoms with Crippen LogP contribution in [0.4, 0.5) is 0 Å². The Morgan fingerprint density at radius 2 is 2.35 bits per heavy atom. The number of hydrogen-bond acceptors (Lipinski definition) is 6. The highest BCUT2D eigenvalue weighted by Crippen LogP contribution is 2.35. The SMILES string of the molecule is CCC(C)C(N)c1nc(C2CSCCS2)no1. The molecule has 6 heteroatoms. The van der Waals surface area contributed by atoms with Gasteiger partial charge in [-0.05, 0) is 5.92 Å². The molecular formula is C11H19N3OS2. The number of hydrogen-bond donors (Lipinski definition) is 1. The normalized spacial score (nSPS) is 24.5. The van der Waals surface area contributed by atoms with E-state index in [0.717, 1.165) is 23.8 Å². The van der Waals surface area contributed by atoms with Crippen molar-refractivity contribution in [3.63, 3.8) is 0 Å². The molecule has 2 heterocycles. The van der Waals surface area contributed by atoms with Gasteiger partial charge in [-0.2, -0.15) is 16.7 Å². The third-order valence-corrected chi connectivity index (χ3v) is 5.85. The number of nitrogens with zero attached hydrogens (tertiary/aromatic N) is 2. The monoisotopic (exact) mass is 273 g/mol. The molecule has 1 aliphatic rings. The van der Waals surface area contributed by atoms with E-state index < -0.39 is 0 Å². The molecule has 0 amide bonds. The summed E-state index contributed by atoms with van der Waals surface area (Å²) in [6.07, 6.45) is 1.02. The molecular weight excluding hydrogens is 254 g/mol. The molecule has 0 aliphatic carbocycles. The van der Waals surface area contributed by atoms with Crippen molar-refractivity contribution < 1.29 is 4.52 Å². The minimum absolute atomic E-state index is 0.137. The highest BCUT2D eigenvalue weighted by molar-refractivity contribution is 8.06. The van der Waals surface area contributed by atoms with Gasteiger partial charge in [0.1, 0.15) is 0 Å².